The molecule has 0 saturated heterocycles. The summed E-state index contributed by atoms with van der Waals surface area (Å²) < 4.78 is 9.03. The third-order valence-corrected chi connectivity index (χ3v) is 5.62. The molecule has 33 heavy (non-hydrogen) atoms. The van der Waals surface area contributed by atoms with Crippen LogP contribution < -0.4 is 21.4 Å². The molecule has 0 atom stereocenters. The molecule has 0 saturated carbocycles. The van der Waals surface area contributed by atoms with Crippen molar-refractivity contribution in [2.75, 3.05) is 12.5 Å². The lowest BCUT2D eigenvalue weighted by atomic mass is 10.2. The first-order valence-electron chi connectivity index (χ1n) is 9.88. The summed E-state index contributed by atoms with van der Waals surface area (Å²) in [5.74, 6) is 0.469. The number of fused-ring (bicyclic) bond motifs is 1. The fraction of sp³-hybridized carbons (Fsp3) is 0.182. The van der Waals surface area contributed by atoms with Gasteiger partial charge in [0.25, 0.3) is 5.56 Å². The number of phenolic OH excluding ortho intramolecular Hbond substituents is 1. The summed E-state index contributed by atoms with van der Waals surface area (Å²) in [5, 5.41) is 14.9. The van der Waals surface area contributed by atoms with Gasteiger partial charge in [0.05, 0.1) is 19.9 Å². The molecule has 0 aliphatic rings. The highest BCUT2D eigenvalue weighted by Crippen LogP contribution is 2.28. The number of aromatic hydroxyl groups is 1. The number of aryl methyl sites for hydroxylation is 1. The van der Waals surface area contributed by atoms with Gasteiger partial charge in [-0.25, -0.2) is 10.2 Å². The number of hydrogen-bond donors (Lipinski definition) is 2. The van der Waals surface area contributed by atoms with Crippen molar-refractivity contribution in [1.29, 1.82) is 0 Å². The van der Waals surface area contributed by atoms with Crippen molar-refractivity contribution >= 4 is 34.9 Å². The van der Waals surface area contributed by atoms with Crippen LogP contribution in [0, 0.1) is 0 Å². The van der Waals surface area contributed by atoms with Crippen LogP contribution in [0.15, 0.2) is 57.2 Å². The number of ether oxygens (including phenoxy) is 1. The maximum absolute atomic E-state index is 13.0. The summed E-state index contributed by atoms with van der Waals surface area (Å²) in [6, 6.07) is 12.2. The minimum absolute atomic E-state index is 0.0635. The standard InChI is InChI=1S/C22H21ClN6O4/c1-27-19-17(20(31)28(2)22(27)32)29(12-14-7-4-5-9-15(14)23)21(25-19)26-24-11-13-8-6-10-16(33-3)18(13)30/h4-11,30H,12H2,1-3H3,(H,25,26)/b24-11-. The lowest BCUT2D eigenvalue weighted by Gasteiger charge is -2.10. The van der Waals surface area contributed by atoms with E-state index in [-0.39, 0.29) is 29.4 Å². The van der Waals surface area contributed by atoms with E-state index in [2.05, 4.69) is 15.5 Å². The molecule has 0 amide bonds. The molecule has 0 spiro atoms. The molecule has 10 nitrogen and oxygen atoms in total. The van der Waals surface area contributed by atoms with E-state index in [1.807, 2.05) is 18.2 Å². The Bertz CT molecular complexity index is 1500. The molecule has 0 aliphatic carbocycles. The number of phenols is 1. The van der Waals surface area contributed by atoms with Crippen molar-refractivity contribution in [2.24, 2.45) is 19.2 Å². The molecule has 4 aromatic rings. The normalized spacial score (nSPS) is 11.4. The predicted octanol–water partition coefficient (Wildman–Crippen LogP) is 2.30. The van der Waals surface area contributed by atoms with Gasteiger partial charge in [0.1, 0.15) is 0 Å². The van der Waals surface area contributed by atoms with Crippen molar-refractivity contribution in [3.05, 3.63) is 79.5 Å². The number of nitrogens with one attached hydrogen (secondary N) is 1. The summed E-state index contributed by atoms with van der Waals surface area (Å²) >= 11 is 6.34. The first kappa shape index (κ1) is 22.2. The van der Waals surface area contributed by atoms with Gasteiger partial charge in [-0.15, -0.1) is 0 Å². The van der Waals surface area contributed by atoms with Gasteiger partial charge in [-0.3, -0.25) is 18.5 Å². The van der Waals surface area contributed by atoms with Gasteiger partial charge in [-0.05, 0) is 23.8 Å². The molecule has 0 fully saturated rings. The van der Waals surface area contributed by atoms with E-state index < -0.39 is 11.2 Å². The van der Waals surface area contributed by atoms with Crippen molar-refractivity contribution in [1.82, 2.24) is 18.7 Å². The third kappa shape index (κ3) is 3.96. The number of halogens is 1. The van der Waals surface area contributed by atoms with Gasteiger partial charge in [0.2, 0.25) is 5.95 Å². The highest BCUT2D eigenvalue weighted by molar-refractivity contribution is 6.31. The Kier molecular flexibility index (Phi) is 5.93. The van der Waals surface area contributed by atoms with Crippen molar-refractivity contribution in [3.8, 4) is 11.5 Å². The number of hydrazone groups is 1. The average molecular weight is 469 g/mol. The first-order valence-corrected chi connectivity index (χ1v) is 10.3. The highest BCUT2D eigenvalue weighted by atomic mass is 35.5. The Balaban J connectivity index is 1.83. The topological polar surface area (TPSA) is 116 Å². The summed E-state index contributed by atoms with van der Waals surface area (Å²) in [5.41, 5.74) is 3.43. The van der Waals surface area contributed by atoms with Crippen molar-refractivity contribution < 1.29 is 9.84 Å². The Morgan fingerprint density at radius 1 is 1.15 bits per heavy atom. The summed E-state index contributed by atoms with van der Waals surface area (Å²) in [7, 11) is 4.40. The number of hydrogen-bond acceptors (Lipinski definition) is 7. The van der Waals surface area contributed by atoms with Crippen LogP contribution in [0.3, 0.4) is 0 Å². The van der Waals surface area contributed by atoms with E-state index in [9.17, 15) is 14.7 Å². The van der Waals surface area contributed by atoms with Crippen LogP contribution in [-0.4, -0.2) is 37.1 Å². The number of imidazole rings is 1. The quantitative estimate of drug-likeness (QED) is 0.331. The molecule has 2 aromatic heterocycles. The second kappa shape index (κ2) is 8.83. The Hall–Kier alpha value is -4.05. The molecular formula is C22H21ClN6O4. The number of nitrogens with zero attached hydrogens (tertiary/aromatic N) is 5. The lowest BCUT2D eigenvalue weighted by molar-refractivity contribution is 0.373. The maximum atomic E-state index is 13.0. The largest absolute Gasteiger partial charge is 0.504 e. The molecule has 170 valence electrons. The van der Waals surface area contributed by atoms with E-state index in [0.717, 1.165) is 10.1 Å². The number of anilines is 1. The summed E-state index contributed by atoms with van der Waals surface area (Å²) in [4.78, 5) is 29.8. The monoisotopic (exact) mass is 468 g/mol. The zero-order valence-corrected chi connectivity index (χ0v) is 18.9. The molecular weight excluding hydrogens is 448 g/mol. The number of aromatic nitrogens is 4. The van der Waals surface area contributed by atoms with Crippen LogP contribution in [0.25, 0.3) is 11.2 Å². The summed E-state index contributed by atoms with van der Waals surface area (Å²) in [6.45, 7) is 0.214. The number of rotatable bonds is 6. The van der Waals surface area contributed by atoms with E-state index in [4.69, 9.17) is 16.3 Å². The zero-order chi connectivity index (χ0) is 23.7. The fourth-order valence-corrected chi connectivity index (χ4v) is 3.65. The number of benzene rings is 2. The zero-order valence-electron chi connectivity index (χ0n) is 18.1. The lowest BCUT2D eigenvalue weighted by Crippen LogP contribution is -2.37. The minimum atomic E-state index is -0.494. The van der Waals surface area contributed by atoms with Gasteiger partial charge in [0.15, 0.2) is 22.7 Å². The van der Waals surface area contributed by atoms with Gasteiger partial charge in [0, 0.05) is 24.7 Å². The average Bonchev–Trinajstić information content (AvgIpc) is 3.17. The molecule has 2 aromatic carbocycles. The van der Waals surface area contributed by atoms with Gasteiger partial charge in [-0.2, -0.15) is 10.1 Å². The molecule has 0 bridgehead atoms. The minimum Gasteiger partial charge on any atom is -0.504 e. The van der Waals surface area contributed by atoms with Crippen LogP contribution in [0.4, 0.5) is 5.95 Å². The van der Waals surface area contributed by atoms with E-state index in [0.29, 0.717) is 16.3 Å². The Labute approximate surface area is 192 Å². The molecule has 2 heterocycles. The van der Waals surface area contributed by atoms with Gasteiger partial charge < -0.3 is 9.84 Å². The van der Waals surface area contributed by atoms with Gasteiger partial charge in [-0.1, -0.05) is 35.9 Å². The molecule has 0 radical (unpaired) electrons. The first-order chi connectivity index (χ1) is 15.8. The smallest absolute Gasteiger partial charge is 0.332 e. The fourth-order valence-electron chi connectivity index (χ4n) is 3.45. The van der Waals surface area contributed by atoms with Gasteiger partial charge >= 0.3 is 5.69 Å². The number of para-hydroxylation sites is 1. The maximum Gasteiger partial charge on any atom is 0.332 e. The van der Waals surface area contributed by atoms with Crippen LogP contribution >= 0.6 is 11.6 Å². The molecule has 0 aliphatic heterocycles. The van der Waals surface area contributed by atoms with E-state index in [1.165, 1.54) is 32.0 Å². The van der Waals surface area contributed by atoms with Crippen molar-refractivity contribution in [3.63, 3.8) is 0 Å². The second-order valence-electron chi connectivity index (χ2n) is 7.26. The van der Waals surface area contributed by atoms with E-state index in [1.54, 1.807) is 28.8 Å². The SMILES string of the molecule is COc1cccc(/C=N\Nc2nc3c(c(=O)n(C)c(=O)n3C)n2Cc2ccccc2Cl)c1O. The van der Waals surface area contributed by atoms with Crippen LogP contribution in [0.2, 0.25) is 5.02 Å². The molecule has 0 unspecified atom stereocenters. The van der Waals surface area contributed by atoms with Crippen LogP contribution in [-0.2, 0) is 20.6 Å². The molecule has 2 N–H and O–H groups in total. The van der Waals surface area contributed by atoms with Crippen LogP contribution in [0.1, 0.15) is 11.1 Å². The predicted molar refractivity (Wildman–Crippen MR) is 127 cm³/mol. The third-order valence-electron chi connectivity index (χ3n) is 5.25. The molecule has 11 heteroatoms. The molecule has 4 rings (SSSR count). The van der Waals surface area contributed by atoms with Crippen molar-refractivity contribution in [2.45, 2.75) is 6.54 Å². The second-order valence-corrected chi connectivity index (χ2v) is 7.67. The Morgan fingerprint density at radius 3 is 2.64 bits per heavy atom. The summed E-state index contributed by atoms with van der Waals surface area (Å²) in [6.07, 6.45) is 1.40. The Morgan fingerprint density at radius 2 is 1.91 bits per heavy atom. The van der Waals surface area contributed by atoms with E-state index >= 15 is 0 Å². The van der Waals surface area contributed by atoms with Crippen LogP contribution in [0.5, 0.6) is 11.5 Å². The highest BCUT2D eigenvalue weighted by Gasteiger charge is 2.20. The number of methoxy groups -OCH3 is 1.